The smallest absolute Gasteiger partial charge is 0.175 e. The van der Waals surface area contributed by atoms with Gasteiger partial charge < -0.3 is 4.74 Å². The van der Waals surface area contributed by atoms with Crippen molar-refractivity contribution in [2.24, 2.45) is 0 Å². The highest BCUT2D eigenvalue weighted by Gasteiger charge is 2.08. The molecule has 19 heavy (non-hydrogen) atoms. The van der Waals surface area contributed by atoms with E-state index in [0.29, 0.717) is 16.6 Å². The Hall–Kier alpha value is -1.59. The van der Waals surface area contributed by atoms with Crippen molar-refractivity contribution in [2.45, 2.75) is 11.5 Å². The Morgan fingerprint density at radius 2 is 1.95 bits per heavy atom. The standard InChI is InChI=1S/C13H12ClNO3S/c1-19(16,17)12-6-3-5-11(8-12)18-9-10-4-2-7-13(14)15-10/h2-8H,9H2,1H3. The lowest BCUT2D eigenvalue weighted by Crippen LogP contribution is -2.00. The van der Waals surface area contributed by atoms with Crippen LogP contribution >= 0.6 is 11.6 Å². The van der Waals surface area contributed by atoms with Gasteiger partial charge in [-0.25, -0.2) is 13.4 Å². The minimum atomic E-state index is -3.23. The van der Waals surface area contributed by atoms with Crippen LogP contribution in [-0.2, 0) is 16.4 Å². The van der Waals surface area contributed by atoms with Crippen LogP contribution in [0.2, 0.25) is 5.15 Å². The summed E-state index contributed by atoms with van der Waals surface area (Å²) in [7, 11) is -3.23. The molecule has 0 unspecified atom stereocenters. The van der Waals surface area contributed by atoms with E-state index in [9.17, 15) is 8.42 Å². The van der Waals surface area contributed by atoms with Gasteiger partial charge in [0.25, 0.3) is 0 Å². The lowest BCUT2D eigenvalue weighted by Gasteiger charge is -2.07. The van der Waals surface area contributed by atoms with Crippen molar-refractivity contribution in [3.8, 4) is 5.75 Å². The van der Waals surface area contributed by atoms with Crippen LogP contribution in [0.15, 0.2) is 47.4 Å². The third-order valence-corrected chi connectivity index (χ3v) is 3.71. The number of ether oxygens (including phenoxy) is 1. The van der Waals surface area contributed by atoms with E-state index < -0.39 is 9.84 Å². The predicted octanol–water partition coefficient (Wildman–Crippen LogP) is 2.72. The molecule has 1 aromatic heterocycles. The zero-order valence-corrected chi connectivity index (χ0v) is 11.8. The Bertz CT molecular complexity index is 686. The first kappa shape index (κ1) is 13.8. The Kier molecular flexibility index (Phi) is 4.07. The molecular formula is C13H12ClNO3S. The van der Waals surface area contributed by atoms with Crippen molar-refractivity contribution in [1.82, 2.24) is 4.98 Å². The van der Waals surface area contributed by atoms with Crippen LogP contribution in [0.3, 0.4) is 0 Å². The van der Waals surface area contributed by atoms with E-state index in [4.69, 9.17) is 16.3 Å². The highest BCUT2D eigenvalue weighted by Crippen LogP contribution is 2.18. The van der Waals surface area contributed by atoms with Crippen LogP contribution < -0.4 is 4.74 Å². The summed E-state index contributed by atoms with van der Waals surface area (Å²) in [4.78, 5) is 4.31. The summed E-state index contributed by atoms with van der Waals surface area (Å²) >= 11 is 5.77. The van der Waals surface area contributed by atoms with Crippen molar-refractivity contribution < 1.29 is 13.2 Å². The first-order chi connectivity index (χ1) is 8.95. The molecule has 2 aromatic rings. The second kappa shape index (κ2) is 5.59. The van der Waals surface area contributed by atoms with Gasteiger partial charge in [0, 0.05) is 6.26 Å². The molecule has 100 valence electrons. The summed E-state index contributed by atoms with van der Waals surface area (Å²) in [6.07, 6.45) is 1.16. The van der Waals surface area contributed by atoms with Crippen LogP contribution in [-0.4, -0.2) is 19.7 Å². The van der Waals surface area contributed by atoms with Crippen LogP contribution in [0.4, 0.5) is 0 Å². The molecule has 0 aliphatic carbocycles. The van der Waals surface area contributed by atoms with Crippen LogP contribution in [0.25, 0.3) is 0 Å². The third-order valence-electron chi connectivity index (χ3n) is 2.39. The molecule has 0 bridgehead atoms. The number of sulfone groups is 1. The summed E-state index contributed by atoms with van der Waals surface area (Å²) in [6, 6.07) is 11.6. The number of benzene rings is 1. The molecule has 6 heteroatoms. The Morgan fingerprint density at radius 1 is 1.21 bits per heavy atom. The van der Waals surface area contributed by atoms with E-state index in [1.54, 1.807) is 30.3 Å². The minimum absolute atomic E-state index is 0.226. The van der Waals surface area contributed by atoms with Crippen molar-refractivity contribution in [2.75, 3.05) is 6.26 Å². The lowest BCUT2D eigenvalue weighted by molar-refractivity contribution is 0.300. The zero-order chi connectivity index (χ0) is 13.9. The van der Waals surface area contributed by atoms with Gasteiger partial charge in [-0.3, -0.25) is 0 Å². The molecule has 0 amide bonds. The van der Waals surface area contributed by atoms with E-state index in [-0.39, 0.29) is 11.5 Å². The zero-order valence-electron chi connectivity index (χ0n) is 10.2. The molecule has 1 aromatic carbocycles. The van der Waals surface area contributed by atoms with Crippen molar-refractivity contribution in [1.29, 1.82) is 0 Å². The van der Waals surface area contributed by atoms with Crippen LogP contribution in [0.5, 0.6) is 5.75 Å². The summed E-state index contributed by atoms with van der Waals surface area (Å²) < 4.78 is 28.3. The van der Waals surface area contributed by atoms with Crippen molar-refractivity contribution >= 4 is 21.4 Å². The van der Waals surface area contributed by atoms with Gasteiger partial charge in [0.05, 0.1) is 10.6 Å². The van der Waals surface area contributed by atoms with Gasteiger partial charge in [0.1, 0.15) is 17.5 Å². The maximum Gasteiger partial charge on any atom is 0.175 e. The molecule has 0 fully saturated rings. The Balaban J connectivity index is 2.12. The average Bonchev–Trinajstić information content (AvgIpc) is 2.36. The molecule has 2 rings (SSSR count). The van der Waals surface area contributed by atoms with Gasteiger partial charge in [-0.05, 0) is 30.3 Å². The monoisotopic (exact) mass is 297 g/mol. The maximum absolute atomic E-state index is 11.4. The second-order valence-electron chi connectivity index (χ2n) is 3.99. The molecule has 0 radical (unpaired) electrons. The SMILES string of the molecule is CS(=O)(=O)c1cccc(OCc2cccc(Cl)n2)c1. The first-order valence-electron chi connectivity index (χ1n) is 5.49. The van der Waals surface area contributed by atoms with Gasteiger partial charge in [0.2, 0.25) is 0 Å². The van der Waals surface area contributed by atoms with E-state index >= 15 is 0 Å². The highest BCUT2D eigenvalue weighted by atomic mass is 35.5. The number of hydrogen-bond acceptors (Lipinski definition) is 4. The summed E-state index contributed by atoms with van der Waals surface area (Å²) in [5, 5.41) is 0.394. The van der Waals surface area contributed by atoms with E-state index in [0.717, 1.165) is 6.26 Å². The summed E-state index contributed by atoms with van der Waals surface area (Å²) in [6.45, 7) is 0.230. The molecule has 0 saturated heterocycles. The number of pyridine rings is 1. The fourth-order valence-electron chi connectivity index (χ4n) is 1.48. The third kappa shape index (κ3) is 3.94. The molecule has 4 nitrogen and oxygen atoms in total. The van der Waals surface area contributed by atoms with Gasteiger partial charge in [0.15, 0.2) is 9.84 Å². The van der Waals surface area contributed by atoms with Gasteiger partial charge in [-0.2, -0.15) is 0 Å². The number of aromatic nitrogens is 1. The highest BCUT2D eigenvalue weighted by molar-refractivity contribution is 7.90. The van der Waals surface area contributed by atoms with Crippen molar-refractivity contribution in [3.05, 3.63) is 53.3 Å². The molecule has 0 saturated carbocycles. The normalized spacial score (nSPS) is 11.3. The number of nitrogens with zero attached hydrogens (tertiary/aromatic N) is 1. The molecule has 1 heterocycles. The first-order valence-corrected chi connectivity index (χ1v) is 7.76. The summed E-state index contributed by atoms with van der Waals surface area (Å²) in [5.41, 5.74) is 0.678. The minimum Gasteiger partial charge on any atom is -0.487 e. The fourth-order valence-corrected chi connectivity index (χ4v) is 2.32. The van der Waals surface area contributed by atoms with Gasteiger partial charge in [-0.1, -0.05) is 23.7 Å². The molecule has 0 spiro atoms. The average molecular weight is 298 g/mol. The quantitative estimate of drug-likeness (QED) is 0.814. The number of halogens is 1. The van der Waals surface area contributed by atoms with Crippen LogP contribution in [0.1, 0.15) is 5.69 Å². The van der Waals surface area contributed by atoms with E-state index in [2.05, 4.69) is 4.98 Å². The van der Waals surface area contributed by atoms with E-state index in [1.165, 1.54) is 12.1 Å². The largest absolute Gasteiger partial charge is 0.487 e. The van der Waals surface area contributed by atoms with Crippen molar-refractivity contribution in [3.63, 3.8) is 0 Å². The molecule has 0 N–H and O–H groups in total. The van der Waals surface area contributed by atoms with E-state index in [1.807, 2.05) is 0 Å². The molecule has 0 aliphatic rings. The molecule has 0 atom stereocenters. The maximum atomic E-state index is 11.4. The molecular weight excluding hydrogens is 286 g/mol. The number of rotatable bonds is 4. The Morgan fingerprint density at radius 3 is 2.63 bits per heavy atom. The summed E-state index contributed by atoms with van der Waals surface area (Å²) in [5.74, 6) is 0.477. The van der Waals surface area contributed by atoms with Crippen LogP contribution in [0, 0.1) is 0 Å². The predicted molar refractivity (Wildman–Crippen MR) is 73.1 cm³/mol. The van der Waals surface area contributed by atoms with Gasteiger partial charge in [-0.15, -0.1) is 0 Å². The topological polar surface area (TPSA) is 56.3 Å². The molecule has 0 aliphatic heterocycles. The van der Waals surface area contributed by atoms with Gasteiger partial charge >= 0.3 is 0 Å². The Labute approximate surface area is 116 Å². The second-order valence-corrected chi connectivity index (χ2v) is 6.39. The lowest BCUT2D eigenvalue weighted by atomic mass is 10.3. The fraction of sp³-hybridized carbons (Fsp3) is 0.154. The number of hydrogen-bond donors (Lipinski definition) is 0.